The fourth-order valence-electron chi connectivity index (χ4n) is 1.52. The maximum Gasteiger partial charge on any atom is 0.303 e. The summed E-state index contributed by atoms with van der Waals surface area (Å²) >= 11 is 0. The first-order chi connectivity index (χ1) is 7.99. The molecule has 1 N–H and O–H groups in total. The van der Waals surface area contributed by atoms with Crippen molar-refractivity contribution in [2.24, 2.45) is 0 Å². The molecule has 0 aliphatic heterocycles. The molecule has 1 rings (SSSR count). The molecule has 0 bridgehead atoms. The molecule has 1 aromatic carbocycles. The van der Waals surface area contributed by atoms with Gasteiger partial charge in [-0.2, -0.15) is 0 Å². The summed E-state index contributed by atoms with van der Waals surface area (Å²) in [6.07, 6.45) is 0.602. The molecule has 0 radical (unpaired) electrons. The highest BCUT2D eigenvalue weighted by Gasteiger charge is 2.07. The summed E-state index contributed by atoms with van der Waals surface area (Å²) in [7, 11) is 1.77. The van der Waals surface area contributed by atoms with Crippen LogP contribution in [0.3, 0.4) is 0 Å². The fraction of sp³-hybridized carbons (Fsp3) is 0.417. The Balaban J connectivity index is 2.44. The number of rotatable bonds is 6. The van der Waals surface area contributed by atoms with Gasteiger partial charge >= 0.3 is 5.97 Å². The predicted octanol–water partition coefficient (Wildman–Crippen LogP) is 2.26. The molecule has 3 nitrogen and oxygen atoms in total. The van der Waals surface area contributed by atoms with Crippen molar-refractivity contribution < 1.29 is 18.7 Å². The van der Waals surface area contributed by atoms with Gasteiger partial charge in [-0.25, -0.2) is 8.78 Å². The maximum absolute atomic E-state index is 13.3. The van der Waals surface area contributed by atoms with Crippen molar-refractivity contribution in [3.8, 4) is 0 Å². The summed E-state index contributed by atoms with van der Waals surface area (Å²) in [5, 5.41) is 8.47. The van der Waals surface area contributed by atoms with Crippen LogP contribution in [0.4, 0.5) is 8.78 Å². The molecule has 0 unspecified atom stereocenters. The van der Waals surface area contributed by atoms with Crippen LogP contribution < -0.4 is 0 Å². The monoisotopic (exact) mass is 243 g/mol. The Hall–Kier alpha value is -1.49. The van der Waals surface area contributed by atoms with Crippen LogP contribution >= 0.6 is 0 Å². The molecule has 1 aromatic rings. The van der Waals surface area contributed by atoms with E-state index in [2.05, 4.69) is 0 Å². The van der Waals surface area contributed by atoms with Crippen LogP contribution in [-0.4, -0.2) is 29.6 Å². The van der Waals surface area contributed by atoms with Crippen molar-refractivity contribution in [3.63, 3.8) is 0 Å². The molecule has 0 aromatic heterocycles. The third kappa shape index (κ3) is 4.91. The Kier molecular flexibility index (Phi) is 5.03. The van der Waals surface area contributed by atoms with Gasteiger partial charge in [0.1, 0.15) is 11.6 Å². The second-order valence-corrected chi connectivity index (χ2v) is 3.97. The molecular formula is C12H15F2NO2. The van der Waals surface area contributed by atoms with Gasteiger partial charge in [-0.05, 0) is 26.1 Å². The lowest BCUT2D eigenvalue weighted by atomic mass is 10.2. The van der Waals surface area contributed by atoms with Crippen molar-refractivity contribution in [1.29, 1.82) is 0 Å². The minimum Gasteiger partial charge on any atom is -0.481 e. The van der Waals surface area contributed by atoms with Crippen LogP contribution in [0.15, 0.2) is 18.2 Å². The van der Waals surface area contributed by atoms with Crippen molar-refractivity contribution >= 4 is 5.97 Å². The first kappa shape index (κ1) is 13.6. The Morgan fingerprint density at radius 2 is 2.12 bits per heavy atom. The summed E-state index contributed by atoms with van der Waals surface area (Å²) in [4.78, 5) is 12.1. The van der Waals surface area contributed by atoms with Gasteiger partial charge in [0, 0.05) is 24.6 Å². The van der Waals surface area contributed by atoms with E-state index in [9.17, 15) is 13.6 Å². The number of hydrogen-bond acceptors (Lipinski definition) is 2. The Labute approximate surface area is 98.7 Å². The lowest BCUT2D eigenvalue weighted by molar-refractivity contribution is -0.137. The summed E-state index contributed by atoms with van der Waals surface area (Å²) in [6.45, 7) is 0.898. The first-order valence-corrected chi connectivity index (χ1v) is 5.33. The molecule has 0 saturated heterocycles. The number of carboxylic acids is 1. The molecule has 0 spiro atoms. The smallest absolute Gasteiger partial charge is 0.303 e. The Morgan fingerprint density at radius 3 is 2.71 bits per heavy atom. The van der Waals surface area contributed by atoms with Crippen LogP contribution in [0.2, 0.25) is 0 Å². The third-order valence-corrected chi connectivity index (χ3v) is 2.39. The lowest BCUT2D eigenvalue weighted by Crippen LogP contribution is -2.20. The SMILES string of the molecule is CN(CCCC(=O)O)Cc1ccc(F)cc1F. The molecule has 0 aliphatic carbocycles. The summed E-state index contributed by atoms with van der Waals surface area (Å²) in [5.74, 6) is -2.01. The van der Waals surface area contributed by atoms with Crippen molar-refractivity contribution in [2.75, 3.05) is 13.6 Å². The van der Waals surface area contributed by atoms with E-state index in [0.29, 0.717) is 25.1 Å². The molecule has 0 atom stereocenters. The van der Waals surface area contributed by atoms with E-state index >= 15 is 0 Å². The van der Waals surface area contributed by atoms with Gasteiger partial charge in [-0.1, -0.05) is 6.07 Å². The Morgan fingerprint density at radius 1 is 1.41 bits per heavy atom. The fourth-order valence-corrected chi connectivity index (χ4v) is 1.52. The molecule has 0 saturated carbocycles. The van der Waals surface area contributed by atoms with E-state index in [1.54, 1.807) is 11.9 Å². The average Bonchev–Trinajstić information content (AvgIpc) is 2.21. The summed E-state index contributed by atoms with van der Waals surface area (Å²) in [6, 6.07) is 3.46. The van der Waals surface area contributed by atoms with E-state index in [1.807, 2.05) is 0 Å². The van der Waals surface area contributed by atoms with E-state index in [0.717, 1.165) is 6.07 Å². The minimum absolute atomic E-state index is 0.0935. The average molecular weight is 243 g/mol. The molecule has 17 heavy (non-hydrogen) atoms. The van der Waals surface area contributed by atoms with Crippen LogP contribution in [0.5, 0.6) is 0 Å². The van der Waals surface area contributed by atoms with E-state index in [1.165, 1.54) is 12.1 Å². The summed E-state index contributed by atoms with van der Waals surface area (Å²) < 4.78 is 26.0. The number of aliphatic carboxylic acids is 1. The van der Waals surface area contributed by atoms with Crippen LogP contribution in [0.25, 0.3) is 0 Å². The van der Waals surface area contributed by atoms with Gasteiger partial charge in [0.05, 0.1) is 0 Å². The van der Waals surface area contributed by atoms with Gasteiger partial charge in [-0.15, -0.1) is 0 Å². The molecular weight excluding hydrogens is 228 g/mol. The number of carbonyl (C=O) groups is 1. The highest BCUT2D eigenvalue weighted by atomic mass is 19.1. The molecule has 94 valence electrons. The first-order valence-electron chi connectivity index (χ1n) is 5.33. The number of nitrogens with zero attached hydrogens (tertiary/aromatic N) is 1. The molecule has 5 heteroatoms. The molecule has 0 fully saturated rings. The number of carboxylic acid groups (broad SMARTS) is 1. The molecule has 0 heterocycles. The molecule has 0 amide bonds. The zero-order valence-electron chi connectivity index (χ0n) is 9.62. The highest BCUT2D eigenvalue weighted by Crippen LogP contribution is 2.11. The second kappa shape index (κ2) is 6.30. The zero-order chi connectivity index (χ0) is 12.8. The topological polar surface area (TPSA) is 40.5 Å². The van der Waals surface area contributed by atoms with Crippen LogP contribution in [-0.2, 0) is 11.3 Å². The minimum atomic E-state index is -0.841. The van der Waals surface area contributed by atoms with Gasteiger partial charge in [0.25, 0.3) is 0 Å². The Bertz CT molecular complexity index is 396. The largest absolute Gasteiger partial charge is 0.481 e. The normalized spacial score (nSPS) is 10.8. The van der Waals surface area contributed by atoms with Gasteiger partial charge in [-0.3, -0.25) is 4.79 Å². The van der Waals surface area contributed by atoms with Gasteiger partial charge in [0.2, 0.25) is 0 Å². The van der Waals surface area contributed by atoms with E-state index in [4.69, 9.17) is 5.11 Å². The number of hydrogen-bond donors (Lipinski definition) is 1. The second-order valence-electron chi connectivity index (χ2n) is 3.97. The number of halogens is 2. The number of benzene rings is 1. The van der Waals surface area contributed by atoms with Crippen LogP contribution in [0.1, 0.15) is 18.4 Å². The molecule has 0 aliphatic rings. The van der Waals surface area contributed by atoms with Crippen molar-refractivity contribution in [1.82, 2.24) is 4.90 Å². The zero-order valence-corrected chi connectivity index (χ0v) is 9.62. The predicted molar refractivity (Wildman–Crippen MR) is 59.6 cm³/mol. The quantitative estimate of drug-likeness (QED) is 0.833. The third-order valence-electron chi connectivity index (χ3n) is 2.39. The summed E-state index contributed by atoms with van der Waals surface area (Å²) in [5.41, 5.74) is 0.407. The highest BCUT2D eigenvalue weighted by molar-refractivity contribution is 5.66. The van der Waals surface area contributed by atoms with Crippen molar-refractivity contribution in [3.05, 3.63) is 35.4 Å². The maximum atomic E-state index is 13.3. The lowest BCUT2D eigenvalue weighted by Gasteiger charge is -2.16. The standard InChI is InChI=1S/C12H15F2NO2/c1-15(6-2-3-12(16)17)8-9-4-5-10(13)7-11(9)14/h4-5,7H,2-3,6,8H2,1H3,(H,16,17). The van der Waals surface area contributed by atoms with Crippen molar-refractivity contribution in [2.45, 2.75) is 19.4 Å². The van der Waals surface area contributed by atoms with Gasteiger partial charge in [0.15, 0.2) is 0 Å². The van der Waals surface area contributed by atoms with E-state index < -0.39 is 17.6 Å². The van der Waals surface area contributed by atoms with E-state index in [-0.39, 0.29) is 6.42 Å². The van der Waals surface area contributed by atoms with Crippen LogP contribution in [0, 0.1) is 11.6 Å². The van der Waals surface area contributed by atoms with Gasteiger partial charge < -0.3 is 10.0 Å².